The summed E-state index contributed by atoms with van der Waals surface area (Å²) in [5, 5.41) is 4.06. The van der Waals surface area contributed by atoms with Gasteiger partial charge in [0.25, 0.3) is 5.91 Å². The molecule has 0 unspecified atom stereocenters. The molecule has 3 aromatic rings. The minimum atomic E-state index is -0.204. The Kier molecular flexibility index (Phi) is 5.58. The van der Waals surface area contributed by atoms with Crippen LogP contribution in [0.5, 0.6) is 0 Å². The summed E-state index contributed by atoms with van der Waals surface area (Å²) in [4.78, 5) is 15.4. The standard InChI is InChI=1S/C18H15Cl2N3OS/c19-13-8-12(9-14(20)10-13)6-7-21-17(24)16-11-22-18(25)23(16)15-4-2-1-3-5-15/h1-5,8-11H,6-7H2,(H,21,24)(H,22,25). The number of carbonyl (C=O) groups is 1. The number of hydrogen-bond acceptors (Lipinski definition) is 2. The third kappa shape index (κ3) is 4.31. The van der Waals surface area contributed by atoms with Crippen molar-refractivity contribution in [2.75, 3.05) is 6.54 Å². The molecule has 4 nitrogen and oxygen atoms in total. The van der Waals surface area contributed by atoms with Crippen LogP contribution in [0.15, 0.2) is 54.7 Å². The summed E-state index contributed by atoms with van der Waals surface area (Å²) in [5.41, 5.74) is 2.26. The summed E-state index contributed by atoms with van der Waals surface area (Å²) >= 11 is 17.3. The number of H-pyrrole nitrogens is 1. The van der Waals surface area contributed by atoms with E-state index in [0.717, 1.165) is 11.3 Å². The van der Waals surface area contributed by atoms with Crippen LogP contribution in [0.3, 0.4) is 0 Å². The number of halogens is 2. The predicted octanol–water partition coefficient (Wildman–Crippen LogP) is 4.81. The Morgan fingerprint density at radius 3 is 2.48 bits per heavy atom. The molecule has 2 aromatic carbocycles. The maximum absolute atomic E-state index is 12.5. The summed E-state index contributed by atoms with van der Waals surface area (Å²) in [6.07, 6.45) is 2.24. The van der Waals surface area contributed by atoms with Crippen molar-refractivity contribution in [1.82, 2.24) is 14.9 Å². The smallest absolute Gasteiger partial charge is 0.269 e. The molecule has 0 aliphatic heterocycles. The van der Waals surface area contributed by atoms with E-state index < -0.39 is 0 Å². The van der Waals surface area contributed by atoms with E-state index in [1.54, 1.807) is 16.8 Å². The second-order valence-electron chi connectivity index (χ2n) is 5.43. The minimum absolute atomic E-state index is 0.204. The van der Waals surface area contributed by atoms with E-state index in [2.05, 4.69) is 10.3 Å². The number of amides is 1. The molecule has 0 aliphatic carbocycles. The second kappa shape index (κ2) is 7.87. The van der Waals surface area contributed by atoms with Gasteiger partial charge in [0.05, 0.1) is 0 Å². The van der Waals surface area contributed by atoms with Gasteiger partial charge in [0.1, 0.15) is 5.69 Å². The van der Waals surface area contributed by atoms with Crippen molar-refractivity contribution < 1.29 is 4.79 Å². The third-order valence-corrected chi connectivity index (χ3v) is 4.38. The average Bonchev–Trinajstić information content (AvgIpc) is 2.96. The highest BCUT2D eigenvalue weighted by molar-refractivity contribution is 7.71. The molecule has 3 rings (SSSR count). The molecule has 0 radical (unpaired) electrons. The molecule has 0 saturated heterocycles. The van der Waals surface area contributed by atoms with E-state index >= 15 is 0 Å². The molecule has 1 amide bonds. The van der Waals surface area contributed by atoms with E-state index in [1.165, 1.54) is 0 Å². The van der Waals surface area contributed by atoms with Gasteiger partial charge in [0.2, 0.25) is 0 Å². The number of nitrogens with zero attached hydrogens (tertiary/aromatic N) is 1. The molecule has 0 fully saturated rings. The molecule has 25 heavy (non-hydrogen) atoms. The zero-order chi connectivity index (χ0) is 17.8. The van der Waals surface area contributed by atoms with Gasteiger partial charge in [-0.05, 0) is 54.5 Å². The highest BCUT2D eigenvalue weighted by atomic mass is 35.5. The molecule has 0 bridgehead atoms. The van der Waals surface area contributed by atoms with Gasteiger partial charge in [-0.1, -0.05) is 41.4 Å². The van der Waals surface area contributed by atoms with Gasteiger partial charge >= 0.3 is 0 Å². The van der Waals surface area contributed by atoms with Crippen molar-refractivity contribution in [3.05, 3.63) is 80.8 Å². The van der Waals surface area contributed by atoms with Gasteiger partial charge in [-0.15, -0.1) is 0 Å². The van der Waals surface area contributed by atoms with Crippen molar-refractivity contribution >= 4 is 41.3 Å². The van der Waals surface area contributed by atoms with E-state index in [4.69, 9.17) is 35.4 Å². The zero-order valence-corrected chi connectivity index (χ0v) is 15.5. The topological polar surface area (TPSA) is 49.8 Å². The highest BCUT2D eigenvalue weighted by Gasteiger charge is 2.13. The lowest BCUT2D eigenvalue weighted by Crippen LogP contribution is -2.27. The summed E-state index contributed by atoms with van der Waals surface area (Å²) in [5.74, 6) is -0.204. The minimum Gasteiger partial charge on any atom is -0.350 e. The third-order valence-electron chi connectivity index (χ3n) is 3.64. The Hall–Kier alpha value is -2.08. The number of hydrogen-bond donors (Lipinski definition) is 2. The lowest BCUT2D eigenvalue weighted by atomic mass is 10.1. The first-order valence-electron chi connectivity index (χ1n) is 7.63. The Labute approximate surface area is 160 Å². The van der Waals surface area contributed by atoms with Crippen LogP contribution >= 0.6 is 35.4 Å². The Morgan fingerprint density at radius 1 is 1.12 bits per heavy atom. The van der Waals surface area contributed by atoms with E-state index in [9.17, 15) is 4.79 Å². The first kappa shape index (κ1) is 17.7. The number of aromatic nitrogens is 2. The van der Waals surface area contributed by atoms with Gasteiger partial charge in [0.15, 0.2) is 4.77 Å². The molecule has 0 saturated carbocycles. The summed E-state index contributed by atoms with van der Waals surface area (Å²) in [7, 11) is 0. The SMILES string of the molecule is O=C(NCCc1cc(Cl)cc(Cl)c1)c1c[nH]c(=S)n1-c1ccccc1. The van der Waals surface area contributed by atoms with E-state index in [0.29, 0.717) is 33.5 Å². The molecular weight excluding hydrogens is 377 g/mol. The average molecular weight is 392 g/mol. The Balaban J connectivity index is 1.71. The van der Waals surface area contributed by atoms with Crippen molar-refractivity contribution in [3.63, 3.8) is 0 Å². The van der Waals surface area contributed by atoms with Crippen LogP contribution < -0.4 is 5.32 Å². The van der Waals surface area contributed by atoms with Crippen molar-refractivity contribution in [1.29, 1.82) is 0 Å². The van der Waals surface area contributed by atoms with E-state index in [-0.39, 0.29) is 5.91 Å². The van der Waals surface area contributed by atoms with Crippen LogP contribution in [-0.4, -0.2) is 22.0 Å². The summed E-state index contributed by atoms with van der Waals surface area (Å²) in [6, 6.07) is 14.9. The monoisotopic (exact) mass is 391 g/mol. The fourth-order valence-electron chi connectivity index (χ4n) is 2.54. The Morgan fingerprint density at radius 2 is 1.80 bits per heavy atom. The maximum atomic E-state index is 12.5. The first-order chi connectivity index (χ1) is 12.0. The molecule has 0 aliphatic rings. The van der Waals surface area contributed by atoms with Gasteiger partial charge in [0, 0.05) is 28.5 Å². The van der Waals surface area contributed by atoms with Crippen LogP contribution in [0.2, 0.25) is 10.0 Å². The zero-order valence-electron chi connectivity index (χ0n) is 13.1. The fourth-order valence-corrected chi connectivity index (χ4v) is 3.37. The molecular formula is C18H15Cl2N3OS. The normalized spacial score (nSPS) is 10.6. The van der Waals surface area contributed by atoms with Crippen molar-refractivity contribution in [3.8, 4) is 5.69 Å². The van der Waals surface area contributed by atoms with Gasteiger partial charge in [-0.2, -0.15) is 0 Å². The van der Waals surface area contributed by atoms with Gasteiger partial charge in [-0.3, -0.25) is 9.36 Å². The van der Waals surface area contributed by atoms with Crippen LogP contribution in [0.1, 0.15) is 16.1 Å². The quantitative estimate of drug-likeness (QED) is 0.612. The number of para-hydroxylation sites is 1. The molecule has 0 atom stereocenters. The second-order valence-corrected chi connectivity index (χ2v) is 6.69. The Bertz CT molecular complexity index is 930. The van der Waals surface area contributed by atoms with Gasteiger partial charge in [-0.25, -0.2) is 0 Å². The molecule has 7 heteroatoms. The lowest BCUT2D eigenvalue weighted by molar-refractivity contribution is 0.0947. The first-order valence-corrected chi connectivity index (χ1v) is 8.80. The number of carbonyl (C=O) groups excluding carboxylic acids is 1. The molecule has 0 spiro atoms. The highest BCUT2D eigenvalue weighted by Crippen LogP contribution is 2.19. The molecule has 128 valence electrons. The largest absolute Gasteiger partial charge is 0.350 e. The van der Waals surface area contributed by atoms with E-state index in [1.807, 2.05) is 42.5 Å². The van der Waals surface area contributed by atoms with Crippen molar-refractivity contribution in [2.45, 2.75) is 6.42 Å². The van der Waals surface area contributed by atoms with Crippen LogP contribution in [0.25, 0.3) is 5.69 Å². The number of nitrogens with one attached hydrogen (secondary N) is 2. The summed E-state index contributed by atoms with van der Waals surface area (Å²) in [6.45, 7) is 0.461. The van der Waals surface area contributed by atoms with Gasteiger partial charge < -0.3 is 10.3 Å². The van der Waals surface area contributed by atoms with Crippen LogP contribution in [0.4, 0.5) is 0 Å². The van der Waals surface area contributed by atoms with Crippen LogP contribution in [0, 0.1) is 4.77 Å². The number of aromatic amines is 1. The maximum Gasteiger partial charge on any atom is 0.269 e. The molecule has 1 heterocycles. The summed E-state index contributed by atoms with van der Waals surface area (Å²) < 4.78 is 2.18. The number of benzene rings is 2. The van der Waals surface area contributed by atoms with Crippen molar-refractivity contribution in [2.24, 2.45) is 0 Å². The predicted molar refractivity (Wildman–Crippen MR) is 103 cm³/mol. The lowest BCUT2D eigenvalue weighted by Gasteiger charge is -2.09. The molecule has 1 aromatic heterocycles. The number of rotatable bonds is 5. The van der Waals surface area contributed by atoms with Crippen LogP contribution in [-0.2, 0) is 6.42 Å². The fraction of sp³-hybridized carbons (Fsp3) is 0.111. The number of imidazole rings is 1. The molecule has 2 N–H and O–H groups in total.